The smallest absolute Gasteiger partial charge is 0.407 e. The standard InChI is InChI=1S/C60H69BrN10O9/c61-43-15-9-12-40(28-43)31-51-59(77)71-35-45(80-60(78)64-27-24-62)33-52(71)57(75)70-53(41-13-5-2-6-14-41)58(76)68-50(32-42-34-65-47-17-8-7-16-46(42)47)56(74)67-49(30-38-22-25-63-26-23-38)54(72)66-48(55(73)69-51)29-37-18-20-44(21-19-37)79-36-39-10-3-1-4-11-39/h1-21,28,34,38,45,48-53,55,63,65,69,73H,22-27,29-33,35-36,62H2,(H,64,78)(H,66,72)(H,67,74)(H,68,76)(H,70,75)/t45-,48+,49+,50-,51+,52+,53+,55?/m1/s1. The number of hydrogen-bond acceptors (Lipinski definition) is 12. The number of aliphatic hydroxyl groups is 1. The second-order valence-electron chi connectivity index (χ2n) is 20.7. The topological polar surface area (TPSA) is 270 Å². The molecule has 6 aromatic rings. The predicted molar refractivity (Wildman–Crippen MR) is 304 cm³/mol. The van der Waals surface area contributed by atoms with E-state index in [9.17, 15) is 9.90 Å². The molecule has 19 nitrogen and oxygen atoms in total. The molecule has 11 N–H and O–H groups in total. The van der Waals surface area contributed by atoms with E-state index in [-0.39, 0.29) is 57.7 Å². The molecule has 5 aromatic carbocycles. The van der Waals surface area contributed by atoms with Crippen LogP contribution in [-0.4, -0.2) is 126 Å². The number of carbonyl (C=O) groups is 6. The van der Waals surface area contributed by atoms with Gasteiger partial charge in [0.1, 0.15) is 48.9 Å². The molecule has 80 heavy (non-hydrogen) atoms. The number of nitrogens with one attached hydrogen (secondary N) is 8. The molecule has 6 amide bonds. The highest BCUT2D eigenvalue weighted by Gasteiger charge is 2.45. The number of rotatable bonds is 15. The van der Waals surface area contributed by atoms with Crippen molar-refractivity contribution >= 4 is 62.5 Å². The summed E-state index contributed by atoms with van der Waals surface area (Å²) in [6.07, 6.45) is -0.0376. The van der Waals surface area contributed by atoms with Gasteiger partial charge in [-0.05, 0) is 109 Å². The Morgan fingerprint density at radius 3 is 2.16 bits per heavy atom. The molecule has 0 radical (unpaired) electrons. The van der Waals surface area contributed by atoms with Gasteiger partial charge in [-0.3, -0.25) is 29.3 Å². The number of benzene rings is 5. The number of ether oxygens (including phenoxy) is 2. The monoisotopic (exact) mass is 1150 g/mol. The Morgan fingerprint density at radius 2 is 1.41 bits per heavy atom. The number of carbonyl (C=O) groups excluding carboxylic acids is 6. The fourth-order valence-corrected chi connectivity index (χ4v) is 11.2. The molecule has 1 unspecified atom stereocenters. The number of fused-ring (bicyclic) bond motifs is 2. The van der Waals surface area contributed by atoms with E-state index in [4.69, 9.17) is 15.2 Å². The molecule has 3 aliphatic rings. The first-order valence-corrected chi connectivity index (χ1v) is 28.1. The largest absolute Gasteiger partial charge is 0.489 e. The van der Waals surface area contributed by atoms with Gasteiger partial charge in [-0.25, -0.2) is 4.79 Å². The molecule has 0 spiro atoms. The molecule has 1 aromatic heterocycles. The maximum atomic E-state index is 15.5. The van der Waals surface area contributed by atoms with E-state index in [2.05, 4.69) is 58.1 Å². The molecule has 4 heterocycles. The molecule has 9 rings (SSSR count). The fourth-order valence-electron chi connectivity index (χ4n) is 10.7. The number of aliphatic hydroxyl groups excluding tert-OH is 1. The van der Waals surface area contributed by atoms with Crippen LogP contribution in [0.15, 0.2) is 144 Å². The maximum absolute atomic E-state index is 15.5. The lowest BCUT2D eigenvalue weighted by molar-refractivity contribution is -0.142. The first-order valence-electron chi connectivity index (χ1n) is 27.3. The summed E-state index contributed by atoms with van der Waals surface area (Å²) in [5.74, 6) is -2.70. The van der Waals surface area contributed by atoms with E-state index < -0.39 is 84.2 Å². The summed E-state index contributed by atoms with van der Waals surface area (Å²) in [4.78, 5) is 93.6. The van der Waals surface area contributed by atoms with Crippen LogP contribution < -0.4 is 47.7 Å². The Hall–Kier alpha value is -7.62. The molecule has 3 fully saturated rings. The van der Waals surface area contributed by atoms with Crippen LogP contribution in [0.25, 0.3) is 10.9 Å². The maximum Gasteiger partial charge on any atom is 0.407 e. The zero-order chi connectivity index (χ0) is 56.0. The van der Waals surface area contributed by atoms with Crippen LogP contribution in [0.3, 0.4) is 0 Å². The van der Waals surface area contributed by atoms with Crippen molar-refractivity contribution in [3.8, 4) is 5.75 Å². The van der Waals surface area contributed by atoms with Crippen molar-refractivity contribution in [3.05, 3.63) is 172 Å². The van der Waals surface area contributed by atoms with Gasteiger partial charge in [-0.15, -0.1) is 0 Å². The van der Waals surface area contributed by atoms with Crippen molar-refractivity contribution in [2.75, 3.05) is 32.7 Å². The Balaban J connectivity index is 1.12. The average Bonchev–Trinajstić information content (AvgIpc) is 4.13. The summed E-state index contributed by atoms with van der Waals surface area (Å²) >= 11 is 3.55. The van der Waals surface area contributed by atoms with Gasteiger partial charge in [0, 0.05) is 47.5 Å². The van der Waals surface area contributed by atoms with Crippen molar-refractivity contribution in [2.24, 2.45) is 11.7 Å². The lowest BCUT2D eigenvalue weighted by atomic mass is 9.90. The number of hydrogen-bond donors (Lipinski definition) is 10. The number of aromatic amines is 1. The molecule has 420 valence electrons. The summed E-state index contributed by atoms with van der Waals surface area (Å²) in [6.45, 7) is 1.80. The molecule has 0 bridgehead atoms. The number of piperidine rings is 1. The molecule has 3 aliphatic heterocycles. The van der Waals surface area contributed by atoms with Gasteiger partial charge in [0.15, 0.2) is 0 Å². The minimum atomic E-state index is -1.62. The molecule has 0 saturated carbocycles. The number of para-hydroxylation sites is 1. The van der Waals surface area contributed by atoms with Gasteiger partial charge in [0.2, 0.25) is 29.5 Å². The van der Waals surface area contributed by atoms with Crippen molar-refractivity contribution in [2.45, 2.75) is 100 Å². The summed E-state index contributed by atoms with van der Waals surface area (Å²) in [5, 5.41) is 34.6. The summed E-state index contributed by atoms with van der Waals surface area (Å²) < 4.78 is 12.6. The Labute approximate surface area is 473 Å². The number of nitrogens with zero attached hydrogens (tertiary/aromatic N) is 1. The van der Waals surface area contributed by atoms with E-state index in [1.807, 2.05) is 91.0 Å². The van der Waals surface area contributed by atoms with Crippen molar-refractivity contribution in [3.63, 3.8) is 0 Å². The third-order valence-corrected chi connectivity index (χ3v) is 15.4. The molecular weight excluding hydrogens is 1080 g/mol. The first kappa shape index (κ1) is 57.1. The van der Waals surface area contributed by atoms with Gasteiger partial charge in [0.25, 0.3) is 0 Å². The van der Waals surface area contributed by atoms with Crippen LogP contribution in [0.1, 0.15) is 59.5 Å². The second-order valence-corrected chi connectivity index (χ2v) is 21.6. The summed E-state index contributed by atoms with van der Waals surface area (Å²) in [5.41, 5.74) is 9.95. The van der Waals surface area contributed by atoms with E-state index >= 15 is 24.0 Å². The lowest BCUT2D eigenvalue weighted by Gasteiger charge is -2.34. The van der Waals surface area contributed by atoms with E-state index in [1.165, 1.54) is 4.90 Å². The molecular formula is C60H69BrN10O9. The van der Waals surface area contributed by atoms with Gasteiger partial charge in [0.05, 0.1) is 18.6 Å². The number of nitrogens with two attached hydrogens (primary N) is 1. The van der Waals surface area contributed by atoms with Crippen molar-refractivity contribution in [1.29, 1.82) is 0 Å². The van der Waals surface area contributed by atoms with Gasteiger partial charge < -0.3 is 62.1 Å². The third kappa shape index (κ3) is 15.2. The molecule has 8 atom stereocenters. The molecule has 20 heteroatoms. The van der Waals surface area contributed by atoms with Crippen LogP contribution in [-0.2, 0) is 54.6 Å². The number of halogens is 1. The van der Waals surface area contributed by atoms with Gasteiger partial charge in [-0.1, -0.05) is 119 Å². The normalized spacial score (nSPS) is 23.6. The SMILES string of the molecule is NCCNC(=O)O[C@@H]1C[C@H]2C(=O)N[C@@H](c3ccccc3)C(=O)N[C@H](Cc3c[nH]c4ccccc34)C(=O)N[C@@H](CC3CCNCC3)C(=O)N[C@@H](Cc3ccc(OCc4ccccc4)cc3)C(O)N[C@@H](Cc3cccc(Br)c3)C(=O)N2C1. The lowest BCUT2D eigenvalue weighted by Crippen LogP contribution is -2.62. The minimum Gasteiger partial charge on any atom is -0.489 e. The van der Waals surface area contributed by atoms with Crippen LogP contribution in [0.2, 0.25) is 0 Å². The minimum absolute atomic E-state index is 0.00192. The second kappa shape index (κ2) is 27.5. The highest BCUT2D eigenvalue weighted by atomic mass is 79.9. The van der Waals surface area contributed by atoms with Crippen LogP contribution in [0, 0.1) is 5.92 Å². The number of alkyl carbamates (subject to hydrolysis) is 1. The summed E-state index contributed by atoms with van der Waals surface area (Å²) in [6, 6.07) is 32.9. The number of aromatic nitrogens is 1. The van der Waals surface area contributed by atoms with E-state index in [1.54, 1.807) is 48.7 Å². The third-order valence-electron chi connectivity index (χ3n) is 14.9. The van der Waals surface area contributed by atoms with Crippen LogP contribution in [0.5, 0.6) is 5.75 Å². The van der Waals surface area contributed by atoms with Gasteiger partial charge >= 0.3 is 6.09 Å². The zero-order valence-electron chi connectivity index (χ0n) is 44.3. The van der Waals surface area contributed by atoms with Crippen molar-refractivity contribution in [1.82, 2.24) is 47.1 Å². The Bertz CT molecular complexity index is 3070. The van der Waals surface area contributed by atoms with Crippen molar-refractivity contribution < 1.29 is 43.3 Å². The zero-order valence-corrected chi connectivity index (χ0v) is 45.9. The van der Waals surface area contributed by atoms with Crippen LogP contribution >= 0.6 is 15.9 Å². The fraction of sp³-hybridized carbons (Fsp3) is 0.367. The number of amides is 6. The molecule has 3 saturated heterocycles. The Kier molecular flexibility index (Phi) is 19.6. The average molecular weight is 1150 g/mol. The van der Waals surface area contributed by atoms with E-state index in [0.29, 0.717) is 34.6 Å². The highest BCUT2D eigenvalue weighted by Crippen LogP contribution is 2.27. The summed E-state index contributed by atoms with van der Waals surface area (Å²) in [7, 11) is 0. The first-order chi connectivity index (χ1) is 38.9. The van der Waals surface area contributed by atoms with E-state index in [0.717, 1.165) is 46.9 Å². The van der Waals surface area contributed by atoms with Crippen LogP contribution in [0.4, 0.5) is 4.79 Å². The number of H-pyrrole nitrogens is 1. The van der Waals surface area contributed by atoms with Gasteiger partial charge in [-0.2, -0.15) is 0 Å². The quantitative estimate of drug-likeness (QED) is 0.0694. The highest BCUT2D eigenvalue weighted by molar-refractivity contribution is 9.10. The Morgan fingerprint density at radius 1 is 0.713 bits per heavy atom. The molecule has 0 aliphatic carbocycles. The predicted octanol–water partition coefficient (Wildman–Crippen LogP) is 4.18.